The van der Waals surface area contributed by atoms with Crippen LogP contribution >= 0.6 is 0 Å². The molecule has 1 aliphatic heterocycles. The molecule has 0 unspecified atom stereocenters. The highest BCUT2D eigenvalue weighted by Crippen LogP contribution is 2.35. The van der Waals surface area contributed by atoms with Crippen molar-refractivity contribution in [3.05, 3.63) is 77.3 Å². The van der Waals surface area contributed by atoms with Crippen LogP contribution in [0.4, 0.5) is 9.18 Å². The minimum atomic E-state index is -0.545. The number of rotatable bonds is 9. The molecule has 1 N–H and O–H groups in total. The number of benzene rings is 2. The smallest absolute Gasteiger partial charge is 0.329 e. The minimum absolute atomic E-state index is 0.0348. The fourth-order valence-corrected chi connectivity index (χ4v) is 3.27. The number of urea groups is 1. The predicted molar refractivity (Wildman–Crippen MR) is 119 cm³/mol. The second kappa shape index (κ2) is 10.3. The van der Waals surface area contributed by atoms with E-state index in [0.717, 1.165) is 10.5 Å². The summed E-state index contributed by atoms with van der Waals surface area (Å²) in [7, 11) is 0. The lowest BCUT2D eigenvalue weighted by atomic mass is 10.0. The third-order valence-corrected chi connectivity index (χ3v) is 4.65. The van der Waals surface area contributed by atoms with E-state index in [0.29, 0.717) is 35.7 Å². The van der Waals surface area contributed by atoms with E-state index < -0.39 is 11.9 Å². The van der Waals surface area contributed by atoms with Gasteiger partial charge in [-0.1, -0.05) is 24.1 Å². The highest BCUT2D eigenvalue weighted by atomic mass is 19.1. The van der Waals surface area contributed by atoms with Crippen LogP contribution in [0.3, 0.4) is 0 Å². The van der Waals surface area contributed by atoms with Crippen molar-refractivity contribution >= 4 is 18.0 Å². The zero-order chi connectivity index (χ0) is 23.1. The summed E-state index contributed by atoms with van der Waals surface area (Å²) < 4.78 is 24.5. The number of hydrogen-bond donors (Lipinski definition) is 1. The van der Waals surface area contributed by atoms with Gasteiger partial charge in [-0.2, -0.15) is 0 Å². The van der Waals surface area contributed by atoms with Gasteiger partial charge in [-0.15, -0.1) is 13.0 Å². The van der Waals surface area contributed by atoms with Crippen molar-refractivity contribution in [3.63, 3.8) is 0 Å². The number of imide groups is 1. The molecule has 0 saturated carbocycles. The fourth-order valence-electron chi connectivity index (χ4n) is 3.27. The Morgan fingerprint density at radius 1 is 1.22 bits per heavy atom. The lowest BCUT2D eigenvalue weighted by Gasteiger charge is -2.15. The SMILES string of the molecule is C#CCOc1c(CC=C)cc(C=C2NC(=O)N(Cc3ccc(F)cc3)C2=O)cc1OCC. The van der Waals surface area contributed by atoms with Gasteiger partial charge in [-0.05, 0) is 54.8 Å². The molecule has 1 aliphatic rings. The van der Waals surface area contributed by atoms with Crippen LogP contribution in [-0.4, -0.2) is 30.1 Å². The Hall–Kier alpha value is -4.05. The van der Waals surface area contributed by atoms with Crippen LogP contribution in [0.2, 0.25) is 0 Å². The van der Waals surface area contributed by atoms with E-state index in [2.05, 4.69) is 17.8 Å². The third-order valence-electron chi connectivity index (χ3n) is 4.65. The third kappa shape index (κ3) is 5.16. The lowest BCUT2D eigenvalue weighted by Crippen LogP contribution is -2.30. The molecule has 1 saturated heterocycles. The Balaban J connectivity index is 1.91. The topological polar surface area (TPSA) is 67.9 Å². The molecule has 6 nitrogen and oxygen atoms in total. The summed E-state index contributed by atoms with van der Waals surface area (Å²) in [6.07, 6.45) is 9.11. The van der Waals surface area contributed by atoms with Gasteiger partial charge < -0.3 is 14.8 Å². The van der Waals surface area contributed by atoms with Crippen molar-refractivity contribution in [2.24, 2.45) is 0 Å². The summed E-state index contributed by atoms with van der Waals surface area (Å²) in [6.45, 7) is 6.13. The van der Waals surface area contributed by atoms with E-state index in [-0.39, 0.29) is 24.7 Å². The van der Waals surface area contributed by atoms with Crippen molar-refractivity contribution in [2.45, 2.75) is 19.9 Å². The summed E-state index contributed by atoms with van der Waals surface area (Å²) in [4.78, 5) is 26.3. The molecule has 0 aliphatic carbocycles. The molecule has 0 atom stereocenters. The Bertz CT molecular complexity index is 1100. The van der Waals surface area contributed by atoms with Crippen LogP contribution in [0.5, 0.6) is 11.5 Å². The van der Waals surface area contributed by atoms with Gasteiger partial charge in [0.05, 0.1) is 13.2 Å². The van der Waals surface area contributed by atoms with Gasteiger partial charge in [0.2, 0.25) is 0 Å². The second-order valence-electron chi connectivity index (χ2n) is 6.93. The molecular formula is C25H23FN2O4. The first kappa shape index (κ1) is 22.6. The Morgan fingerprint density at radius 2 is 1.97 bits per heavy atom. The van der Waals surface area contributed by atoms with Gasteiger partial charge >= 0.3 is 6.03 Å². The largest absolute Gasteiger partial charge is 0.490 e. The quantitative estimate of drug-likeness (QED) is 0.280. The average molecular weight is 434 g/mol. The minimum Gasteiger partial charge on any atom is -0.490 e. The lowest BCUT2D eigenvalue weighted by molar-refractivity contribution is -0.123. The van der Waals surface area contributed by atoms with Crippen molar-refractivity contribution in [3.8, 4) is 23.8 Å². The van der Waals surface area contributed by atoms with Crippen LogP contribution in [0, 0.1) is 18.2 Å². The number of nitrogens with zero attached hydrogens (tertiary/aromatic N) is 1. The van der Waals surface area contributed by atoms with Gasteiger partial charge in [0.1, 0.15) is 18.1 Å². The molecule has 2 aromatic carbocycles. The molecule has 3 amide bonds. The molecule has 0 bridgehead atoms. The number of nitrogens with one attached hydrogen (secondary N) is 1. The summed E-state index contributed by atoms with van der Waals surface area (Å²) in [5, 5.41) is 2.59. The number of ether oxygens (including phenoxy) is 2. The van der Waals surface area contributed by atoms with Crippen LogP contribution in [0.25, 0.3) is 6.08 Å². The maximum atomic E-state index is 13.1. The van der Waals surface area contributed by atoms with Crippen LogP contribution in [-0.2, 0) is 17.8 Å². The second-order valence-corrected chi connectivity index (χ2v) is 6.93. The number of amides is 3. The molecular weight excluding hydrogens is 411 g/mol. The van der Waals surface area contributed by atoms with Crippen molar-refractivity contribution in [2.75, 3.05) is 13.2 Å². The van der Waals surface area contributed by atoms with Gasteiger partial charge in [0.25, 0.3) is 5.91 Å². The molecule has 0 aromatic heterocycles. The fraction of sp³-hybridized carbons (Fsp3) is 0.200. The average Bonchev–Trinajstić information content (AvgIpc) is 3.02. The zero-order valence-corrected chi connectivity index (χ0v) is 17.7. The number of carbonyl (C=O) groups excluding carboxylic acids is 2. The van der Waals surface area contributed by atoms with Crippen LogP contribution in [0.15, 0.2) is 54.8 Å². The highest BCUT2D eigenvalue weighted by molar-refractivity contribution is 6.13. The zero-order valence-electron chi connectivity index (χ0n) is 17.7. The molecule has 164 valence electrons. The first-order valence-electron chi connectivity index (χ1n) is 10.0. The molecule has 0 radical (unpaired) electrons. The van der Waals surface area contributed by atoms with Crippen molar-refractivity contribution in [1.82, 2.24) is 10.2 Å². The van der Waals surface area contributed by atoms with Gasteiger partial charge in [-0.3, -0.25) is 9.69 Å². The number of terminal acetylenes is 1. The maximum absolute atomic E-state index is 13.1. The van der Waals surface area contributed by atoms with E-state index >= 15 is 0 Å². The number of carbonyl (C=O) groups is 2. The van der Waals surface area contributed by atoms with E-state index in [1.54, 1.807) is 18.2 Å². The van der Waals surface area contributed by atoms with Crippen LogP contribution < -0.4 is 14.8 Å². The summed E-state index contributed by atoms with van der Waals surface area (Å²) in [6, 6.07) is 8.62. The van der Waals surface area contributed by atoms with Gasteiger partial charge in [0.15, 0.2) is 11.5 Å². The maximum Gasteiger partial charge on any atom is 0.329 e. The highest BCUT2D eigenvalue weighted by Gasteiger charge is 2.33. The van der Waals surface area contributed by atoms with E-state index in [1.165, 1.54) is 24.3 Å². The van der Waals surface area contributed by atoms with Crippen LogP contribution in [0.1, 0.15) is 23.6 Å². The molecule has 1 heterocycles. The Kier molecular flexibility index (Phi) is 7.29. The first-order chi connectivity index (χ1) is 15.5. The Morgan fingerprint density at radius 3 is 2.62 bits per heavy atom. The monoisotopic (exact) mass is 434 g/mol. The van der Waals surface area contributed by atoms with Crippen molar-refractivity contribution < 1.29 is 23.5 Å². The number of halogens is 1. The Labute approximate surface area is 186 Å². The first-order valence-corrected chi connectivity index (χ1v) is 10.0. The number of allylic oxidation sites excluding steroid dienone is 1. The summed E-state index contributed by atoms with van der Waals surface area (Å²) in [5.74, 6) is 2.57. The predicted octanol–water partition coefficient (Wildman–Crippen LogP) is 4.06. The van der Waals surface area contributed by atoms with Crippen molar-refractivity contribution in [1.29, 1.82) is 0 Å². The molecule has 2 aromatic rings. The molecule has 0 spiro atoms. The summed E-state index contributed by atoms with van der Waals surface area (Å²) >= 11 is 0. The van der Waals surface area contributed by atoms with E-state index in [4.69, 9.17) is 15.9 Å². The normalized spacial score (nSPS) is 14.3. The van der Waals surface area contributed by atoms with Gasteiger partial charge in [-0.25, -0.2) is 9.18 Å². The van der Waals surface area contributed by atoms with E-state index in [9.17, 15) is 14.0 Å². The van der Waals surface area contributed by atoms with E-state index in [1.807, 2.05) is 13.0 Å². The molecule has 1 fully saturated rings. The van der Waals surface area contributed by atoms with Gasteiger partial charge in [0, 0.05) is 5.56 Å². The summed E-state index contributed by atoms with van der Waals surface area (Å²) in [5.41, 5.74) is 2.19. The molecule has 32 heavy (non-hydrogen) atoms. The number of hydrogen-bond acceptors (Lipinski definition) is 4. The molecule has 3 rings (SSSR count). The standard InChI is InChI=1S/C25H23FN2O4/c1-4-7-19-13-18(15-22(31-6-3)23(19)32-12-5-2)14-21-24(29)28(25(30)27-21)16-17-8-10-20(26)11-9-17/h2,4,8-11,13-15H,1,6-7,12,16H2,3H3,(H,27,30). The molecule has 7 heteroatoms.